The predicted octanol–water partition coefficient (Wildman–Crippen LogP) is 1.10. The van der Waals surface area contributed by atoms with Gasteiger partial charge in [-0.2, -0.15) is 0 Å². The minimum absolute atomic E-state index is 0.144. The van der Waals surface area contributed by atoms with Gasteiger partial charge in [-0.05, 0) is 18.2 Å². The molecule has 1 aromatic carbocycles. The van der Waals surface area contributed by atoms with E-state index in [1.54, 1.807) is 24.3 Å². The minimum atomic E-state index is -0.920. The lowest BCUT2D eigenvalue weighted by atomic mass is 10.2. The third-order valence-electron chi connectivity index (χ3n) is 1.36. The second kappa shape index (κ2) is 4.17. The molecule has 0 atom stereocenters. The number of hydrogen-bond acceptors (Lipinski definition) is 2. The Bertz CT molecular complexity index is 374. The van der Waals surface area contributed by atoms with Crippen LogP contribution in [0.25, 0.3) is 0 Å². The first kappa shape index (κ1) is 9.14. The Labute approximate surface area is 76.2 Å². The van der Waals surface area contributed by atoms with Crippen LogP contribution in [0.4, 0.5) is 5.69 Å². The lowest BCUT2D eigenvalue weighted by Gasteiger charge is -1.91. The standard InChI is InChI=1S/C10H9NO2/c11-9-5-1-3-8(7-9)4-2-6-10(12)13/h1,3,5,7H,6,11H2,(H,12,13). The molecule has 0 unspecified atom stereocenters. The van der Waals surface area contributed by atoms with E-state index in [0.29, 0.717) is 5.69 Å². The highest BCUT2D eigenvalue weighted by molar-refractivity contribution is 5.70. The molecule has 0 fully saturated rings. The number of hydrogen-bond donors (Lipinski definition) is 2. The van der Waals surface area contributed by atoms with Crippen molar-refractivity contribution in [2.24, 2.45) is 0 Å². The molecule has 3 nitrogen and oxygen atoms in total. The first-order valence-electron chi connectivity index (χ1n) is 3.74. The number of nitrogen functional groups attached to an aromatic ring is 1. The average molecular weight is 175 g/mol. The van der Waals surface area contributed by atoms with E-state index >= 15 is 0 Å². The molecular weight excluding hydrogens is 166 g/mol. The second-order valence-electron chi connectivity index (χ2n) is 2.50. The maximum absolute atomic E-state index is 10.1. The molecule has 13 heavy (non-hydrogen) atoms. The van der Waals surface area contributed by atoms with Crippen molar-refractivity contribution in [1.29, 1.82) is 0 Å². The smallest absolute Gasteiger partial charge is 0.315 e. The van der Waals surface area contributed by atoms with E-state index < -0.39 is 5.97 Å². The fourth-order valence-electron chi connectivity index (χ4n) is 0.838. The van der Waals surface area contributed by atoms with Gasteiger partial charge in [-0.3, -0.25) is 4.79 Å². The van der Waals surface area contributed by atoms with Crippen molar-refractivity contribution >= 4 is 11.7 Å². The van der Waals surface area contributed by atoms with Gasteiger partial charge in [0.25, 0.3) is 0 Å². The van der Waals surface area contributed by atoms with Crippen molar-refractivity contribution in [2.45, 2.75) is 6.42 Å². The Morgan fingerprint density at radius 1 is 1.54 bits per heavy atom. The second-order valence-corrected chi connectivity index (χ2v) is 2.50. The summed E-state index contributed by atoms with van der Waals surface area (Å²) in [6.07, 6.45) is -0.144. The van der Waals surface area contributed by atoms with Gasteiger partial charge in [0.2, 0.25) is 0 Å². The molecule has 3 heteroatoms. The van der Waals surface area contributed by atoms with Crippen molar-refractivity contribution in [3.63, 3.8) is 0 Å². The molecule has 0 saturated heterocycles. The summed E-state index contributed by atoms with van der Waals surface area (Å²) in [4.78, 5) is 10.1. The van der Waals surface area contributed by atoms with Crippen LogP contribution in [-0.4, -0.2) is 11.1 Å². The molecule has 3 N–H and O–H groups in total. The summed E-state index contributed by atoms with van der Waals surface area (Å²) in [7, 11) is 0. The maximum atomic E-state index is 10.1. The molecule has 0 saturated carbocycles. The van der Waals surface area contributed by atoms with Crippen LogP contribution in [0.1, 0.15) is 12.0 Å². The molecule has 0 aromatic heterocycles. The zero-order valence-corrected chi connectivity index (χ0v) is 6.95. The van der Waals surface area contributed by atoms with E-state index in [9.17, 15) is 4.79 Å². The van der Waals surface area contributed by atoms with Gasteiger partial charge in [0.05, 0.1) is 0 Å². The van der Waals surface area contributed by atoms with Crippen LogP contribution in [0.5, 0.6) is 0 Å². The van der Waals surface area contributed by atoms with Crippen LogP contribution in [0, 0.1) is 11.8 Å². The van der Waals surface area contributed by atoms with Gasteiger partial charge >= 0.3 is 5.97 Å². The van der Waals surface area contributed by atoms with E-state index in [2.05, 4.69) is 11.8 Å². The molecule has 0 bridgehead atoms. The summed E-state index contributed by atoms with van der Waals surface area (Å²) in [5.74, 6) is 4.31. The first-order chi connectivity index (χ1) is 6.18. The highest BCUT2D eigenvalue weighted by Gasteiger charge is 1.90. The van der Waals surface area contributed by atoms with E-state index in [4.69, 9.17) is 10.8 Å². The van der Waals surface area contributed by atoms with Crippen molar-refractivity contribution in [2.75, 3.05) is 5.73 Å². The number of aliphatic carboxylic acids is 1. The van der Waals surface area contributed by atoms with Gasteiger partial charge in [-0.15, -0.1) is 0 Å². The van der Waals surface area contributed by atoms with E-state index in [-0.39, 0.29) is 6.42 Å². The highest BCUT2D eigenvalue weighted by Crippen LogP contribution is 2.04. The zero-order valence-electron chi connectivity index (χ0n) is 6.95. The molecule has 0 amide bonds. The summed E-state index contributed by atoms with van der Waals surface area (Å²) in [6, 6.07) is 7.02. The van der Waals surface area contributed by atoms with Crippen molar-refractivity contribution in [3.8, 4) is 11.8 Å². The van der Waals surface area contributed by atoms with Crippen LogP contribution in [0.2, 0.25) is 0 Å². The third-order valence-corrected chi connectivity index (χ3v) is 1.36. The van der Waals surface area contributed by atoms with Gasteiger partial charge in [0.1, 0.15) is 6.42 Å². The number of anilines is 1. The van der Waals surface area contributed by atoms with E-state index in [1.165, 1.54) is 0 Å². The average Bonchev–Trinajstić information content (AvgIpc) is 2.03. The van der Waals surface area contributed by atoms with Crippen molar-refractivity contribution in [3.05, 3.63) is 29.8 Å². The normalized spacial score (nSPS) is 8.62. The summed E-state index contributed by atoms with van der Waals surface area (Å²) in [6.45, 7) is 0. The molecule has 1 rings (SSSR count). The largest absolute Gasteiger partial charge is 0.481 e. The van der Waals surface area contributed by atoms with Gasteiger partial charge in [-0.1, -0.05) is 17.9 Å². The number of nitrogens with two attached hydrogens (primary N) is 1. The monoisotopic (exact) mass is 175 g/mol. The van der Waals surface area contributed by atoms with Crippen LogP contribution in [0.15, 0.2) is 24.3 Å². The topological polar surface area (TPSA) is 63.3 Å². The number of carboxylic acids is 1. The molecule has 0 heterocycles. The Morgan fingerprint density at radius 2 is 2.31 bits per heavy atom. The van der Waals surface area contributed by atoms with E-state index in [1.807, 2.05) is 0 Å². The Kier molecular flexibility index (Phi) is 2.93. The number of rotatable bonds is 1. The number of benzene rings is 1. The molecule has 1 aromatic rings. The van der Waals surface area contributed by atoms with Crippen LogP contribution in [0.3, 0.4) is 0 Å². The van der Waals surface area contributed by atoms with E-state index in [0.717, 1.165) is 5.56 Å². The van der Waals surface area contributed by atoms with Crippen molar-refractivity contribution < 1.29 is 9.90 Å². The molecule has 0 aliphatic carbocycles. The molecule has 0 aliphatic heterocycles. The van der Waals surface area contributed by atoms with Crippen molar-refractivity contribution in [1.82, 2.24) is 0 Å². The fraction of sp³-hybridized carbons (Fsp3) is 0.100. The predicted molar refractivity (Wildman–Crippen MR) is 50.0 cm³/mol. The van der Waals surface area contributed by atoms with Crippen LogP contribution in [-0.2, 0) is 4.79 Å². The zero-order chi connectivity index (χ0) is 9.68. The number of carboxylic acid groups (broad SMARTS) is 1. The molecule has 0 radical (unpaired) electrons. The first-order valence-corrected chi connectivity index (χ1v) is 3.74. The number of carbonyl (C=O) groups is 1. The lowest BCUT2D eigenvalue weighted by molar-refractivity contribution is -0.135. The highest BCUT2D eigenvalue weighted by atomic mass is 16.4. The van der Waals surface area contributed by atoms with Gasteiger partial charge < -0.3 is 10.8 Å². The SMILES string of the molecule is Nc1cccc(C#CCC(=O)O)c1. The summed E-state index contributed by atoms with van der Waals surface area (Å²) in [5, 5.41) is 8.32. The quantitative estimate of drug-likeness (QED) is 0.496. The molecule has 0 aliphatic rings. The Balaban J connectivity index is 2.72. The van der Waals surface area contributed by atoms with Crippen LogP contribution < -0.4 is 5.73 Å². The maximum Gasteiger partial charge on any atom is 0.315 e. The minimum Gasteiger partial charge on any atom is -0.481 e. The molecule has 66 valence electrons. The summed E-state index contributed by atoms with van der Waals surface area (Å²) < 4.78 is 0. The Morgan fingerprint density at radius 3 is 2.92 bits per heavy atom. The third kappa shape index (κ3) is 3.30. The molecule has 0 spiro atoms. The van der Waals surface area contributed by atoms with Gasteiger partial charge in [0, 0.05) is 11.3 Å². The molecular formula is C10H9NO2. The lowest BCUT2D eigenvalue weighted by Crippen LogP contribution is -1.90. The summed E-state index contributed by atoms with van der Waals surface area (Å²) in [5.41, 5.74) is 6.87. The van der Waals surface area contributed by atoms with Gasteiger partial charge in [0.15, 0.2) is 0 Å². The summed E-state index contributed by atoms with van der Waals surface area (Å²) >= 11 is 0. The van der Waals surface area contributed by atoms with Gasteiger partial charge in [-0.25, -0.2) is 0 Å². The Hall–Kier alpha value is -1.95. The fourth-order valence-corrected chi connectivity index (χ4v) is 0.838. The van der Waals surface area contributed by atoms with Crippen LogP contribution >= 0.6 is 0 Å².